The summed E-state index contributed by atoms with van der Waals surface area (Å²) in [4.78, 5) is 1.22. The molecule has 0 aromatic carbocycles. The largest absolute Gasteiger partial charge is 0.268 e. The van der Waals surface area contributed by atoms with Gasteiger partial charge in [0.15, 0.2) is 0 Å². The van der Waals surface area contributed by atoms with Crippen molar-refractivity contribution in [2.24, 2.45) is 0 Å². The monoisotopic (exact) mass is 367 g/mol. The summed E-state index contributed by atoms with van der Waals surface area (Å²) in [5.41, 5.74) is 0.583. The van der Waals surface area contributed by atoms with Crippen molar-refractivity contribution in [3.05, 3.63) is 23.7 Å². The Labute approximate surface area is 148 Å². The predicted octanol–water partition coefficient (Wildman–Crippen LogP) is 4.20. The number of rotatable bonds is 8. The first-order valence-corrected chi connectivity index (χ1v) is 11.1. The van der Waals surface area contributed by atoms with Gasteiger partial charge < -0.3 is 0 Å². The minimum Gasteiger partial charge on any atom is -0.268 e. The van der Waals surface area contributed by atoms with Crippen LogP contribution < -0.4 is 4.72 Å². The van der Waals surface area contributed by atoms with E-state index in [4.69, 9.17) is 0 Å². The lowest BCUT2D eigenvalue weighted by Gasteiger charge is -2.08. The van der Waals surface area contributed by atoms with Gasteiger partial charge in [0.1, 0.15) is 10.6 Å². The standard InChI is InChI=1S/C17H25N3O2S2/c1-2-3-6-11-18-24(21,22)16-13-20(14-8-4-5-9-14)19-17(16)15-10-7-12-23-15/h7,10,12-14,18H,2-6,8-9,11H2,1H3. The lowest BCUT2D eigenvalue weighted by Crippen LogP contribution is -2.25. The van der Waals surface area contributed by atoms with E-state index in [1.54, 1.807) is 6.20 Å². The smallest absolute Gasteiger partial charge is 0.244 e. The Kier molecular flexibility index (Phi) is 5.73. The van der Waals surface area contributed by atoms with E-state index in [-0.39, 0.29) is 0 Å². The van der Waals surface area contributed by atoms with Gasteiger partial charge in [-0.15, -0.1) is 11.3 Å². The molecule has 24 heavy (non-hydrogen) atoms. The molecule has 3 rings (SSSR count). The fraction of sp³-hybridized carbons (Fsp3) is 0.588. The molecule has 1 saturated carbocycles. The van der Waals surface area contributed by atoms with E-state index in [0.717, 1.165) is 37.0 Å². The van der Waals surface area contributed by atoms with Gasteiger partial charge in [0.05, 0.1) is 10.9 Å². The van der Waals surface area contributed by atoms with Crippen LogP contribution in [0.25, 0.3) is 10.6 Å². The fourth-order valence-electron chi connectivity index (χ4n) is 3.17. The molecule has 132 valence electrons. The number of sulfonamides is 1. The summed E-state index contributed by atoms with van der Waals surface area (Å²) in [6.07, 6.45) is 9.23. The maximum absolute atomic E-state index is 12.8. The molecule has 2 aromatic heterocycles. The Hall–Kier alpha value is -1.18. The van der Waals surface area contributed by atoms with Crippen LogP contribution in [-0.2, 0) is 10.0 Å². The predicted molar refractivity (Wildman–Crippen MR) is 97.8 cm³/mol. The van der Waals surface area contributed by atoms with Crippen molar-refractivity contribution in [2.45, 2.75) is 62.8 Å². The molecule has 0 amide bonds. The summed E-state index contributed by atoms with van der Waals surface area (Å²) >= 11 is 1.53. The number of hydrogen-bond acceptors (Lipinski definition) is 4. The van der Waals surface area contributed by atoms with Crippen LogP contribution in [0.4, 0.5) is 0 Å². The average Bonchev–Trinajstić information content (AvgIpc) is 3.31. The molecule has 0 atom stereocenters. The number of hydrogen-bond donors (Lipinski definition) is 1. The Morgan fingerprint density at radius 3 is 2.79 bits per heavy atom. The highest BCUT2D eigenvalue weighted by Crippen LogP contribution is 2.34. The minimum absolute atomic E-state index is 0.313. The van der Waals surface area contributed by atoms with Crippen molar-refractivity contribution in [1.82, 2.24) is 14.5 Å². The molecule has 1 aliphatic carbocycles. The molecule has 0 radical (unpaired) electrons. The Bertz CT molecular complexity index is 745. The maximum atomic E-state index is 12.8. The van der Waals surface area contributed by atoms with Crippen LogP contribution in [0.5, 0.6) is 0 Å². The highest BCUT2D eigenvalue weighted by molar-refractivity contribution is 7.89. The van der Waals surface area contributed by atoms with Crippen LogP contribution in [0.1, 0.15) is 57.9 Å². The zero-order chi connectivity index (χ0) is 17.0. The van der Waals surface area contributed by atoms with E-state index >= 15 is 0 Å². The number of thiophene rings is 1. The van der Waals surface area contributed by atoms with Gasteiger partial charge in [0, 0.05) is 12.7 Å². The molecule has 2 aromatic rings. The fourth-order valence-corrected chi connectivity index (χ4v) is 5.18. The van der Waals surface area contributed by atoms with Gasteiger partial charge in [-0.2, -0.15) is 5.10 Å². The minimum atomic E-state index is -3.53. The van der Waals surface area contributed by atoms with E-state index < -0.39 is 10.0 Å². The van der Waals surface area contributed by atoms with E-state index in [9.17, 15) is 8.42 Å². The Balaban J connectivity index is 1.89. The Morgan fingerprint density at radius 2 is 2.12 bits per heavy atom. The van der Waals surface area contributed by atoms with Crippen LogP contribution in [-0.4, -0.2) is 24.7 Å². The zero-order valence-electron chi connectivity index (χ0n) is 14.1. The number of nitrogens with zero attached hydrogens (tertiary/aromatic N) is 2. The second kappa shape index (κ2) is 7.80. The van der Waals surface area contributed by atoms with Gasteiger partial charge in [0.25, 0.3) is 0 Å². The van der Waals surface area contributed by atoms with Gasteiger partial charge >= 0.3 is 0 Å². The molecule has 1 N–H and O–H groups in total. The van der Waals surface area contributed by atoms with Gasteiger partial charge in [-0.05, 0) is 30.7 Å². The van der Waals surface area contributed by atoms with E-state index in [2.05, 4.69) is 16.7 Å². The van der Waals surface area contributed by atoms with Crippen LogP contribution >= 0.6 is 11.3 Å². The molecule has 1 aliphatic rings. The van der Waals surface area contributed by atoms with Gasteiger partial charge in [-0.3, -0.25) is 4.68 Å². The highest BCUT2D eigenvalue weighted by Gasteiger charge is 2.27. The molecular formula is C17H25N3O2S2. The van der Waals surface area contributed by atoms with Crippen molar-refractivity contribution in [3.8, 4) is 10.6 Å². The number of aromatic nitrogens is 2. The molecule has 0 bridgehead atoms. The quantitative estimate of drug-likeness (QED) is 0.711. The summed E-state index contributed by atoms with van der Waals surface area (Å²) < 4.78 is 30.2. The number of nitrogens with one attached hydrogen (secondary N) is 1. The van der Waals surface area contributed by atoms with Crippen molar-refractivity contribution < 1.29 is 8.42 Å². The van der Waals surface area contributed by atoms with Crippen LogP contribution in [0, 0.1) is 0 Å². The first-order chi connectivity index (χ1) is 11.6. The normalized spacial score (nSPS) is 16.0. The zero-order valence-corrected chi connectivity index (χ0v) is 15.7. The maximum Gasteiger partial charge on any atom is 0.244 e. The third-order valence-corrected chi connectivity index (χ3v) is 6.85. The van der Waals surface area contributed by atoms with Crippen molar-refractivity contribution in [2.75, 3.05) is 6.54 Å². The Morgan fingerprint density at radius 1 is 1.33 bits per heavy atom. The SMILES string of the molecule is CCCCCNS(=O)(=O)c1cn(C2CCCC2)nc1-c1cccs1. The highest BCUT2D eigenvalue weighted by atomic mass is 32.2. The second-order valence-electron chi connectivity index (χ2n) is 6.34. The van der Waals surface area contributed by atoms with Gasteiger partial charge in [-0.1, -0.05) is 38.7 Å². The summed E-state index contributed by atoms with van der Waals surface area (Å²) in [5, 5.41) is 6.61. The van der Waals surface area contributed by atoms with Crippen molar-refractivity contribution in [3.63, 3.8) is 0 Å². The second-order valence-corrected chi connectivity index (χ2v) is 9.03. The van der Waals surface area contributed by atoms with Crippen LogP contribution in [0.2, 0.25) is 0 Å². The van der Waals surface area contributed by atoms with E-state index in [1.807, 2.05) is 22.2 Å². The third kappa shape index (κ3) is 3.90. The topological polar surface area (TPSA) is 64.0 Å². The molecule has 0 unspecified atom stereocenters. The summed E-state index contributed by atoms with van der Waals surface area (Å²) in [6, 6.07) is 4.19. The first-order valence-electron chi connectivity index (χ1n) is 8.74. The van der Waals surface area contributed by atoms with Crippen molar-refractivity contribution >= 4 is 21.4 Å². The van der Waals surface area contributed by atoms with E-state index in [0.29, 0.717) is 23.2 Å². The average molecular weight is 368 g/mol. The molecule has 5 nitrogen and oxygen atoms in total. The molecule has 0 saturated heterocycles. The number of unbranched alkanes of at least 4 members (excludes halogenated alkanes) is 2. The van der Waals surface area contributed by atoms with Crippen molar-refractivity contribution in [1.29, 1.82) is 0 Å². The van der Waals surface area contributed by atoms with Gasteiger partial charge in [0.2, 0.25) is 10.0 Å². The molecular weight excluding hydrogens is 342 g/mol. The molecule has 0 spiro atoms. The van der Waals surface area contributed by atoms with Crippen LogP contribution in [0.3, 0.4) is 0 Å². The van der Waals surface area contributed by atoms with Gasteiger partial charge in [-0.25, -0.2) is 13.1 Å². The molecule has 2 heterocycles. The lowest BCUT2D eigenvalue weighted by atomic mass is 10.3. The molecule has 0 aliphatic heterocycles. The summed E-state index contributed by atoms with van der Waals surface area (Å²) in [5.74, 6) is 0. The third-order valence-electron chi connectivity index (χ3n) is 4.51. The molecule has 7 heteroatoms. The summed E-state index contributed by atoms with van der Waals surface area (Å²) in [7, 11) is -3.53. The summed E-state index contributed by atoms with van der Waals surface area (Å²) in [6.45, 7) is 2.59. The molecule has 1 fully saturated rings. The lowest BCUT2D eigenvalue weighted by molar-refractivity contribution is 0.467. The first kappa shape index (κ1) is 17.6. The van der Waals surface area contributed by atoms with Crippen LogP contribution in [0.15, 0.2) is 28.6 Å². The van der Waals surface area contributed by atoms with E-state index in [1.165, 1.54) is 24.2 Å².